The van der Waals surface area contributed by atoms with E-state index in [4.69, 9.17) is 0 Å². The van der Waals surface area contributed by atoms with Crippen LogP contribution in [-0.4, -0.2) is 16.6 Å². The molecule has 5 heteroatoms. The van der Waals surface area contributed by atoms with E-state index in [1.807, 2.05) is 25.1 Å². The van der Waals surface area contributed by atoms with Gasteiger partial charge in [-0.05, 0) is 37.3 Å². The molecular formula is C15H16F2N2O. The summed E-state index contributed by atoms with van der Waals surface area (Å²) in [6.07, 6.45) is 0.563. The molecule has 0 spiro atoms. The number of benzene rings is 1. The Bertz CT molecular complexity index is 563. The summed E-state index contributed by atoms with van der Waals surface area (Å²) in [4.78, 5) is 4.18. The molecule has 0 aliphatic rings. The molecule has 2 rings (SSSR count). The molecule has 0 bridgehead atoms. The summed E-state index contributed by atoms with van der Waals surface area (Å²) >= 11 is 0. The lowest BCUT2D eigenvalue weighted by atomic mass is 10.1. The molecule has 1 heterocycles. The molecule has 2 atom stereocenters. The van der Waals surface area contributed by atoms with Crippen molar-refractivity contribution >= 4 is 0 Å². The second kappa shape index (κ2) is 6.54. The minimum absolute atomic E-state index is 0.0503. The topological polar surface area (TPSA) is 45.1 Å². The van der Waals surface area contributed by atoms with Crippen LogP contribution < -0.4 is 5.32 Å². The monoisotopic (exact) mass is 278 g/mol. The molecule has 2 unspecified atom stereocenters. The van der Waals surface area contributed by atoms with E-state index < -0.39 is 17.7 Å². The number of halogens is 2. The lowest BCUT2D eigenvalue weighted by molar-refractivity contribution is 0.165. The summed E-state index contributed by atoms with van der Waals surface area (Å²) in [5, 5.41) is 13.0. The van der Waals surface area contributed by atoms with Gasteiger partial charge in [0.15, 0.2) is 0 Å². The van der Waals surface area contributed by atoms with Crippen molar-refractivity contribution in [1.29, 1.82) is 0 Å². The Labute approximate surface area is 116 Å². The zero-order chi connectivity index (χ0) is 14.5. The van der Waals surface area contributed by atoms with Crippen molar-refractivity contribution in [3.8, 4) is 0 Å². The second-order valence-corrected chi connectivity index (χ2v) is 4.57. The van der Waals surface area contributed by atoms with E-state index in [0.717, 1.165) is 23.9 Å². The number of aliphatic hydroxyl groups is 1. The van der Waals surface area contributed by atoms with Crippen LogP contribution in [0.1, 0.15) is 30.3 Å². The summed E-state index contributed by atoms with van der Waals surface area (Å²) in [5.41, 5.74) is 0.769. The van der Waals surface area contributed by atoms with Gasteiger partial charge in [0.05, 0.1) is 11.8 Å². The molecule has 0 amide bonds. The van der Waals surface area contributed by atoms with Gasteiger partial charge in [0.25, 0.3) is 0 Å². The Balaban J connectivity index is 1.98. The number of nitrogens with one attached hydrogen (secondary N) is 1. The fourth-order valence-corrected chi connectivity index (χ4v) is 1.91. The van der Waals surface area contributed by atoms with Crippen molar-refractivity contribution < 1.29 is 13.9 Å². The molecule has 0 saturated carbocycles. The number of hydrogen-bond acceptors (Lipinski definition) is 3. The molecule has 0 aliphatic heterocycles. The minimum atomic E-state index is -1.11. The number of rotatable bonds is 5. The van der Waals surface area contributed by atoms with Crippen LogP contribution in [-0.2, 0) is 0 Å². The number of pyridine rings is 1. The number of hydrogen-bond donors (Lipinski definition) is 2. The van der Waals surface area contributed by atoms with Gasteiger partial charge in [-0.25, -0.2) is 8.78 Å². The van der Waals surface area contributed by atoms with Gasteiger partial charge >= 0.3 is 0 Å². The number of aromatic nitrogens is 1. The summed E-state index contributed by atoms with van der Waals surface area (Å²) in [6, 6.07) is 8.48. The van der Waals surface area contributed by atoms with Gasteiger partial charge in [0.1, 0.15) is 11.6 Å². The summed E-state index contributed by atoms with van der Waals surface area (Å²) < 4.78 is 26.6. The second-order valence-electron chi connectivity index (χ2n) is 4.57. The first-order valence-electron chi connectivity index (χ1n) is 6.35. The van der Waals surface area contributed by atoms with Crippen molar-refractivity contribution in [2.45, 2.75) is 19.1 Å². The molecule has 0 saturated heterocycles. The first-order chi connectivity index (χ1) is 9.58. The van der Waals surface area contributed by atoms with Crippen molar-refractivity contribution in [3.05, 3.63) is 65.5 Å². The molecule has 0 aliphatic carbocycles. The van der Waals surface area contributed by atoms with Gasteiger partial charge in [0, 0.05) is 24.3 Å². The minimum Gasteiger partial charge on any atom is -0.387 e. The maximum Gasteiger partial charge on any atom is 0.129 e. The summed E-state index contributed by atoms with van der Waals surface area (Å²) in [7, 11) is 0. The van der Waals surface area contributed by atoms with E-state index in [2.05, 4.69) is 10.3 Å². The van der Waals surface area contributed by atoms with Crippen molar-refractivity contribution in [3.63, 3.8) is 0 Å². The van der Waals surface area contributed by atoms with Crippen molar-refractivity contribution in [1.82, 2.24) is 10.3 Å². The molecule has 1 aromatic heterocycles. The molecule has 0 radical (unpaired) electrons. The normalized spacial score (nSPS) is 14.0. The highest BCUT2D eigenvalue weighted by molar-refractivity contribution is 5.21. The lowest BCUT2D eigenvalue weighted by Gasteiger charge is -2.17. The Kier molecular flexibility index (Phi) is 4.76. The van der Waals surface area contributed by atoms with Crippen LogP contribution in [0.15, 0.2) is 42.6 Å². The standard InChI is InChI=1S/C15H16F2N2O/c1-10(14-4-2-3-7-18-14)19-9-15(20)12-8-11(16)5-6-13(12)17/h2-8,10,15,19-20H,9H2,1H3. The van der Waals surface area contributed by atoms with Gasteiger partial charge in [-0.2, -0.15) is 0 Å². The molecule has 2 aromatic rings. The first-order valence-corrected chi connectivity index (χ1v) is 6.35. The van der Waals surface area contributed by atoms with E-state index in [0.29, 0.717) is 0 Å². The maximum atomic E-state index is 13.5. The van der Waals surface area contributed by atoms with E-state index in [9.17, 15) is 13.9 Å². The van der Waals surface area contributed by atoms with Gasteiger partial charge in [-0.1, -0.05) is 6.07 Å². The van der Waals surface area contributed by atoms with E-state index in [1.54, 1.807) is 6.20 Å². The zero-order valence-corrected chi connectivity index (χ0v) is 11.1. The Hall–Kier alpha value is -1.85. The predicted octanol–water partition coefficient (Wildman–Crippen LogP) is 2.74. The molecular weight excluding hydrogens is 262 g/mol. The third-order valence-corrected chi connectivity index (χ3v) is 3.07. The fraction of sp³-hybridized carbons (Fsp3) is 0.267. The Morgan fingerprint density at radius 1 is 1.25 bits per heavy atom. The van der Waals surface area contributed by atoms with Crippen LogP contribution in [0, 0.1) is 11.6 Å². The van der Waals surface area contributed by atoms with E-state index in [1.165, 1.54) is 0 Å². The van der Waals surface area contributed by atoms with Crippen LogP contribution in [0.3, 0.4) is 0 Å². The highest BCUT2D eigenvalue weighted by Gasteiger charge is 2.15. The number of nitrogens with zero attached hydrogens (tertiary/aromatic N) is 1. The van der Waals surface area contributed by atoms with Gasteiger partial charge in [0.2, 0.25) is 0 Å². The zero-order valence-electron chi connectivity index (χ0n) is 11.1. The maximum absolute atomic E-state index is 13.5. The van der Waals surface area contributed by atoms with E-state index in [-0.39, 0.29) is 18.2 Å². The Morgan fingerprint density at radius 2 is 2.05 bits per heavy atom. The smallest absolute Gasteiger partial charge is 0.129 e. The average Bonchev–Trinajstić information content (AvgIpc) is 2.47. The SMILES string of the molecule is CC(NCC(O)c1cc(F)ccc1F)c1ccccn1. The Morgan fingerprint density at radius 3 is 2.75 bits per heavy atom. The van der Waals surface area contributed by atoms with Gasteiger partial charge < -0.3 is 10.4 Å². The quantitative estimate of drug-likeness (QED) is 0.884. The lowest BCUT2D eigenvalue weighted by Crippen LogP contribution is -2.25. The average molecular weight is 278 g/mol. The fourth-order valence-electron chi connectivity index (χ4n) is 1.91. The molecule has 20 heavy (non-hydrogen) atoms. The third-order valence-electron chi connectivity index (χ3n) is 3.07. The predicted molar refractivity (Wildman–Crippen MR) is 72.0 cm³/mol. The first kappa shape index (κ1) is 14.6. The van der Waals surface area contributed by atoms with E-state index >= 15 is 0 Å². The molecule has 1 aromatic carbocycles. The third kappa shape index (κ3) is 3.59. The molecule has 2 N–H and O–H groups in total. The van der Waals surface area contributed by atoms with Gasteiger partial charge in [-0.15, -0.1) is 0 Å². The summed E-state index contributed by atoms with van der Waals surface area (Å²) in [5.74, 6) is -1.19. The molecule has 3 nitrogen and oxygen atoms in total. The molecule has 106 valence electrons. The van der Waals surface area contributed by atoms with Crippen molar-refractivity contribution in [2.75, 3.05) is 6.54 Å². The van der Waals surface area contributed by atoms with Crippen molar-refractivity contribution in [2.24, 2.45) is 0 Å². The van der Waals surface area contributed by atoms with Crippen LogP contribution in [0.25, 0.3) is 0 Å². The van der Waals surface area contributed by atoms with Crippen LogP contribution in [0.2, 0.25) is 0 Å². The van der Waals surface area contributed by atoms with Crippen LogP contribution >= 0.6 is 0 Å². The van der Waals surface area contributed by atoms with Crippen LogP contribution in [0.5, 0.6) is 0 Å². The van der Waals surface area contributed by atoms with Gasteiger partial charge in [-0.3, -0.25) is 4.98 Å². The highest BCUT2D eigenvalue weighted by Crippen LogP contribution is 2.18. The largest absolute Gasteiger partial charge is 0.387 e. The molecule has 0 fully saturated rings. The van der Waals surface area contributed by atoms with Crippen LogP contribution in [0.4, 0.5) is 8.78 Å². The number of aliphatic hydroxyl groups excluding tert-OH is 1. The highest BCUT2D eigenvalue weighted by atomic mass is 19.1. The summed E-state index contributed by atoms with van der Waals surface area (Å²) in [6.45, 7) is 2.00.